The van der Waals surface area contributed by atoms with E-state index in [0.29, 0.717) is 28.9 Å². The number of morpholine rings is 1. The maximum absolute atomic E-state index is 13.9. The van der Waals surface area contributed by atoms with Crippen molar-refractivity contribution in [1.29, 1.82) is 0 Å². The fraction of sp³-hybridized carbons (Fsp3) is 0.394. The van der Waals surface area contributed by atoms with Crippen molar-refractivity contribution in [2.75, 3.05) is 38.2 Å². The standard InChI is InChI=1S/C33H36N8O3S/c1-22-14-23(15-34-32(22)39-19-27-9-8-26(39)21-44-27)30-17-35-33-31(37-30)29(20-41(33)45(42,43)28-6-4-3-5-7-28)24-16-36-40(18-24)25-10-12-38(2)13-11-25/h3-7,14-18,20,25-27H,8-13,19,21H2,1-2H3. The molecule has 0 aliphatic carbocycles. The molecule has 9 rings (SSSR count). The lowest BCUT2D eigenvalue weighted by atomic mass is 9.96. The number of anilines is 1. The van der Waals surface area contributed by atoms with E-state index >= 15 is 0 Å². The Bertz CT molecular complexity index is 1970. The normalized spacial score (nSPS) is 21.2. The summed E-state index contributed by atoms with van der Waals surface area (Å²) in [5, 5.41) is 4.71. The molecule has 4 aliphatic rings. The Balaban J connectivity index is 1.21. The van der Waals surface area contributed by atoms with Crippen LogP contribution in [-0.4, -0.2) is 87.5 Å². The third-order valence-electron chi connectivity index (χ3n) is 9.54. The highest BCUT2D eigenvalue weighted by atomic mass is 32.2. The molecule has 1 aromatic carbocycles. The summed E-state index contributed by atoms with van der Waals surface area (Å²) in [4.78, 5) is 19.5. The number of aromatic nitrogens is 6. The number of pyridine rings is 1. The second kappa shape index (κ2) is 11.0. The zero-order valence-corrected chi connectivity index (χ0v) is 26.3. The lowest BCUT2D eigenvalue weighted by molar-refractivity contribution is -0.0229. The highest BCUT2D eigenvalue weighted by molar-refractivity contribution is 7.90. The summed E-state index contributed by atoms with van der Waals surface area (Å²) in [6, 6.07) is 11.2. The van der Waals surface area contributed by atoms with Gasteiger partial charge in [0.15, 0.2) is 5.65 Å². The van der Waals surface area contributed by atoms with Gasteiger partial charge in [0.1, 0.15) is 11.3 Å². The number of hydrogen-bond donors (Lipinski definition) is 0. The van der Waals surface area contributed by atoms with Gasteiger partial charge in [0, 0.05) is 41.8 Å². The van der Waals surface area contributed by atoms with Crippen LogP contribution in [-0.2, 0) is 14.8 Å². The zero-order valence-electron chi connectivity index (χ0n) is 25.5. The minimum atomic E-state index is -3.93. The second-order valence-electron chi connectivity index (χ2n) is 12.5. The average Bonchev–Trinajstić information content (AvgIpc) is 3.71. The third-order valence-corrected chi connectivity index (χ3v) is 11.2. The Kier molecular flexibility index (Phi) is 6.95. The van der Waals surface area contributed by atoms with Crippen LogP contribution in [0.1, 0.15) is 37.3 Å². The van der Waals surface area contributed by atoms with Crippen LogP contribution in [0.2, 0.25) is 0 Å². The number of nitrogens with zero attached hydrogens (tertiary/aromatic N) is 8. The lowest BCUT2D eigenvalue weighted by Gasteiger charge is -2.46. The van der Waals surface area contributed by atoms with Gasteiger partial charge in [-0.05, 0) is 76.5 Å². The molecular formula is C33H36N8O3S. The van der Waals surface area contributed by atoms with Gasteiger partial charge in [-0.25, -0.2) is 27.3 Å². The monoisotopic (exact) mass is 624 g/mol. The molecule has 2 atom stereocenters. The minimum Gasteiger partial charge on any atom is -0.374 e. The first kappa shape index (κ1) is 28.4. The molecule has 232 valence electrons. The SMILES string of the molecule is Cc1cc(-c2cnc3c(n2)c(-c2cnn(C4CCN(C)CC4)c2)cn3S(=O)(=O)c2ccccc2)cnc1N1CC2CCC1CO2. The highest BCUT2D eigenvalue weighted by Crippen LogP contribution is 2.36. The van der Waals surface area contributed by atoms with Crippen LogP contribution in [0.4, 0.5) is 5.82 Å². The van der Waals surface area contributed by atoms with Crippen LogP contribution in [0.15, 0.2) is 72.3 Å². The first-order valence-corrected chi connectivity index (χ1v) is 17.1. The second-order valence-corrected chi connectivity index (χ2v) is 14.3. The van der Waals surface area contributed by atoms with Gasteiger partial charge < -0.3 is 14.5 Å². The molecule has 4 aromatic heterocycles. The van der Waals surface area contributed by atoms with Gasteiger partial charge >= 0.3 is 0 Å². The Morgan fingerprint density at radius 2 is 1.73 bits per heavy atom. The quantitative estimate of drug-likeness (QED) is 0.269. The summed E-state index contributed by atoms with van der Waals surface area (Å²) >= 11 is 0. The van der Waals surface area contributed by atoms with Crippen LogP contribution >= 0.6 is 0 Å². The molecule has 4 fully saturated rings. The van der Waals surface area contributed by atoms with Gasteiger partial charge in [0.25, 0.3) is 10.0 Å². The van der Waals surface area contributed by atoms with Crippen LogP contribution in [0, 0.1) is 6.92 Å². The van der Waals surface area contributed by atoms with Gasteiger partial charge in [-0.2, -0.15) is 5.10 Å². The van der Waals surface area contributed by atoms with E-state index in [9.17, 15) is 8.42 Å². The summed E-state index contributed by atoms with van der Waals surface area (Å²) in [6.07, 6.45) is 13.4. The fourth-order valence-electron chi connectivity index (χ4n) is 6.96. The van der Waals surface area contributed by atoms with Crippen molar-refractivity contribution >= 4 is 27.0 Å². The molecule has 0 radical (unpaired) electrons. The highest BCUT2D eigenvalue weighted by Gasteiger charge is 2.36. The molecule has 4 aliphatic heterocycles. The van der Waals surface area contributed by atoms with Crippen LogP contribution in [0.3, 0.4) is 0 Å². The summed E-state index contributed by atoms with van der Waals surface area (Å²) in [5.41, 5.74) is 4.77. The first-order chi connectivity index (χ1) is 21.8. The van der Waals surface area contributed by atoms with Crippen LogP contribution in [0.5, 0.6) is 0 Å². The van der Waals surface area contributed by atoms with E-state index in [-0.39, 0.29) is 16.6 Å². The third kappa shape index (κ3) is 5.01. The number of aryl methyl sites for hydroxylation is 1. The van der Waals surface area contributed by atoms with Crippen molar-refractivity contribution < 1.29 is 13.2 Å². The topological polar surface area (TPSA) is 111 Å². The molecule has 0 N–H and O–H groups in total. The minimum absolute atomic E-state index is 0.188. The van der Waals surface area contributed by atoms with E-state index in [1.165, 1.54) is 3.97 Å². The largest absolute Gasteiger partial charge is 0.374 e. The van der Waals surface area contributed by atoms with Crippen molar-refractivity contribution in [3.8, 4) is 22.4 Å². The lowest BCUT2D eigenvalue weighted by Crippen LogP contribution is -2.55. The fourth-order valence-corrected chi connectivity index (χ4v) is 8.29. The van der Waals surface area contributed by atoms with Crippen molar-refractivity contribution in [3.05, 3.63) is 72.9 Å². The summed E-state index contributed by atoms with van der Waals surface area (Å²) in [7, 11) is -1.79. The van der Waals surface area contributed by atoms with Gasteiger partial charge in [0.05, 0.1) is 47.8 Å². The molecule has 0 amide bonds. The zero-order chi connectivity index (χ0) is 30.7. The average molecular weight is 625 g/mol. The molecule has 2 unspecified atom stereocenters. The van der Waals surface area contributed by atoms with Gasteiger partial charge in [0.2, 0.25) is 0 Å². The summed E-state index contributed by atoms with van der Waals surface area (Å²) in [6.45, 7) is 5.72. The van der Waals surface area contributed by atoms with Crippen molar-refractivity contribution in [1.82, 2.24) is 33.6 Å². The molecular weight excluding hydrogens is 588 g/mol. The van der Waals surface area contributed by atoms with E-state index < -0.39 is 10.0 Å². The van der Waals surface area contributed by atoms with E-state index in [1.807, 2.05) is 17.1 Å². The molecule has 0 saturated carbocycles. The number of likely N-dealkylation sites (tertiary alicyclic amines) is 1. The number of hydrogen-bond acceptors (Lipinski definition) is 9. The molecule has 8 heterocycles. The van der Waals surface area contributed by atoms with Gasteiger partial charge in [-0.1, -0.05) is 18.2 Å². The Hall–Kier alpha value is -4.13. The van der Waals surface area contributed by atoms with Crippen molar-refractivity contribution in [2.45, 2.75) is 55.7 Å². The van der Waals surface area contributed by atoms with Crippen molar-refractivity contribution in [2.24, 2.45) is 0 Å². The summed E-state index contributed by atoms with van der Waals surface area (Å²) < 4.78 is 36.9. The maximum Gasteiger partial charge on any atom is 0.269 e. The van der Waals surface area contributed by atoms with E-state index in [4.69, 9.17) is 24.8 Å². The number of fused-ring (bicyclic) bond motifs is 4. The first-order valence-electron chi connectivity index (χ1n) is 15.6. The van der Waals surface area contributed by atoms with Crippen LogP contribution in [0.25, 0.3) is 33.5 Å². The Morgan fingerprint density at radius 3 is 2.44 bits per heavy atom. The maximum atomic E-state index is 13.9. The van der Waals surface area contributed by atoms with E-state index in [1.54, 1.807) is 48.9 Å². The molecule has 45 heavy (non-hydrogen) atoms. The molecule has 11 nitrogen and oxygen atoms in total. The number of rotatable bonds is 6. The van der Waals surface area contributed by atoms with E-state index in [2.05, 4.69) is 29.8 Å². The molecule has 4 saturated heterocycles. The predicted molar refractivity (Wildman–Crippen MR) is 172 cm³/mol. The van der Waals surface area contributed by atoms with Gasteiger partial charge in [-0.3, -0.25) is 4.68 Å². The van der Waals surface area contributed by atoms with Gasteiger partial charge in [-0.15, -0.1) is 0 Å². The molecule has 5 aromatic rings. The number of benzene rings is 1. The van der Waals surface area contributed by atoms with Crippen molar-refractivity contribution in [3.63, 3.8) is 0 Å². The smallest absolute Gasteiger partial charge is 0.269 e. The molecule has 0 spiro atoms. The van der Waals surface area contributed by atoms with Crippen LogP contribution < -0.4 is 4.90 Å². The Labute approximate surface area is 262 Å². The molecule has 2 bridgehead atoms. The molecule has 12 heteroatoms. The number of piperidine rings is 2. The summed E-state index contributed by atoms with van der Waals surface area (Å²) in [5.74, 6) is 0.980. The Morgan fingerprint density at radius 1 is 0.911 bits per heavy atom. The predicted octanol–water partition coefficient (Wildman–Crippen LogP) is 4.54. The number of ether oxygens (including phenoxy) is 1. The van der Waals surface area contributed by atoms with E-state index in [0.717, 1.165) is 74.4 Å².